The van der Waals surface area contributed by atoms with Crippen LogP contribution in [0.25, 0.3) is 11.3 Å². The lowest BCUT2D eigenvalue weighted by molar-refractivity contribution is 0.174. The Balaban J connectivity index is 1.89. The molecule has 0 atom stereocenters. The molecule has 0 spiro atoms. The summed E-state index contributed by atoms with van der Waals surface area (Å²) in [4.78, 5) is 0. The van der Waals surface area contributed by atoms with Crippen molar-refractivity contribution in [1.29, 1.82) is 0 Å². The topological polar surface area (TPSA) is 68.9 Å². The number of oxime groups is 1. The Kier molecular flexibility index (Phi) is 2.91. The molecular weight excluding hydrogens is 294 g/mol. The summed E-state index contributed by atoms with van der Waals surface area (Å²) in [5.74, 6) is 1.47. The van der Waals surface area contributed by atoms with Crippen LogP contribution >= 0.6 is 0 Å². The van der Waals surface area contributed by atoms with Gasteiger partial charge in [-0.3, -0.25) is 4.68 Å². The van der Waals surface area contributed by atoms with Crippen molar-refractivity contribution in [3.8, 4) is 22.8 Å². The Morgan fingerprint density at radius 3 is 2.78 bits per heavy atom. The van der Waals surface area contributed by atoms with Gasteiger partial charge >= 0.3 is 0 Å². The van der Waals surface area contributed by atoms with Crippen LogP contribution in [0.2, 0.25) is 0 Å². The molecule has 0 fully saturated rings. The maximum Gasteiger partial charge on any atom is 0.231 e. The van der Waals surface area contributed by atoms with Crippen molar-refractivity contribution in [3.05, 3.63) is 29.5 Å². The summed E-state index contributed by atoms with van der Waals surface area (Å²) in [6.07, 6.45) is 1.62. The average Bonchev–Trinajstić information content (AvgIpc) is 3.10. The summed E-state index contributed by atoms with van der Waals surface area (Å²) in [5.41, 5.74) is 4.54. The second-order valence-corrected chi connectivity index (χ2v) is 6.93. The molecule has 0 bridgehead atoms. The lowest BCUT2D eigenvalue weighted by Crippen LogP contribution is -2.28. The first-order valence-electron chi connectivity index (χ1n) is 7.66. The molecule has 0 saturated heterocycles. The number of ether oxygens (including phenoxy) is 2. The van der Waals surface area contributed by atoms with Gasteiger partial charge in [-0.25, -0.2) is 0 Å². The van der Waals surface area contributed by atoms with Gasteiger partial charge in [-0.15, -0.1) is 0 Å². The number of rotatable bonds is 1. The van der Waals surface area contributed by atoms with E-state index in [9.17, 15) is 5.21 Å². The summed E-state index contributed by atoms with van der Waals surface area (Å²) >= 11 is 0. The number of aryl methyl sites for hydroxylation is 1. The van der Waals surface area contributed by atoms with Gasteiger partial charge in [-0.05, 0) is 36.5 Å². The van der Waals surface area contributed by atoms with E-state index in [-0.39, 0.29) is 12.2 Å². The number of hydrogen-bond donors (Lipinski definition) is 1. The predicted molar refractivity (Wildman–Crippen MR) is 85.2 cm³/mol. The number of aromatic nitrogens is 2. The number of nitrogens with zero attached hydrogens (tertiary/aromatic N) is 3. The standard InChI is InChI=1S/C17H19N3O3/c1-17(2)7-11(19-21)15-12(8-17)20(3)18-16(15)10-4-5-13-14(6-10)23-9-22-13/h4-6,21H,7-9H2,1-3H3/b19-11+. The molecule has 0 amide bonds. The van der Waals surface area contributed by atoms with E-state index in [1.54, 1.807) is 0 Å². The zero-order valence-corrected chi connectivity index (χ0v) is 13.5. The van der Waals surface area contributed by atoms with Crippen molar-refractivity contribution in [2.45, 2.75) is 26.7 Å². The Hall–Kier alpha value is -2.50. The molecule has 1 aliphatic heterocycles. The van der Waals surface area contributed by atoms with Crippen LogP contribution in [0.4, 0.5) is 0 Å². The van der Waals surface area contributed by atoms with E-state index >= 15 is 0 Å². The third kappa shape index (κ3) is 2.17. The second kappa shape index (κ2) is 4.75. The Bertz CT molecular complexity index is 821. The molecule has 2 heterocycles. The molecular formula is C17H19N3O3. The van der Waals surface area contributed by atoms with E-state index in [2.05, 4.69) is 24.1 Å². The molecule has 2 aromatic rings. The van der Waals surface area contributed by atoms with Gasteiger partial charge in [0.15, 0.2) is 11.5 Å². The molecule has 1 aromatic carbocycles. The van der Waals surface area contributed by atoms with Crippen LogP contribution in [-0.2, 0) is 13.5 Å². The Morgan fingerprint density at radius 2 is 2.00 bits per heavy atom. The number of fused-ring (bicyclic) bond motifs is 2. The second-order valence-electron chi connectivity index (χ2n) is 6.93. The highest BCUT2D eigenvalue weighted by atomic mass is 16.7. The molecule has 1 aromatic heterocycles. The molecule has 0 unspecified atom stereocenters. The van der Waals surface area contributed by atoms with Crippen molar-refractivity contribution < 1.29 is 14.7 Å². The minimum absolute atomic E-state index is 0.0501. The summed E-state index contributed by atoms with van der Waals surface area (Å²) < 4.78 is 12.7. The molecule has 4 rings (SSSR count). The molecule has 6 heteroatoms. The molecule has 0 saturated carbocycles. The lowest BCUT2D eigenvalue weighted by Gasteiger charge is -2.30. The van der Waals surface area contributed by atoms with Crippen molar-refractivity contribution in [2.24, 2.45) is 17.6 Å². The minimum Gasteiger partial charge on any atom is -0.454 e. The molecule has 1 aliphatic carbocycles. The molecule has 2 aliphatic rings. The normalized spacial score (nSPS) is 19.9. The van der Waals surface area contributed by atoms with Gasteiger partial charge in [0.2, 0.25) is 6.79 Å². The quantitative estimate of drug-likeness (QED) is 0.649. The fourth-order valence-corrected chi connectivity index (χ4v) is 3.45. The molecule has 6 nitrogen and oxygen atoms in total. The van der Waals surface area contributed by atoms with E-state index in [0.29, 0.717) is 5.71 Å². The first-order chi connectivity index (χ1) is 11.0. The minimum atomic E-state index is 0.0501. The highest BCUT2D eigenvalue weighted by molar-refractivity contribution is 6.07. The van der Waals surface area contributed by atoms with Gasteiger partial charge in [0.05, 0.1) is 5.71 Å². The zero-order valence-electron chi connectivity index (χ0n) is 13.5. The lowest BCUT2D eigenvalue weighted by atomic mass is 9.75. The third-order valence-corrected chi connectivity index (χ3v) is 4.51. The maximum atomic E-state index is 9.51. The largest absolute Gasteiger partial charge is 0.454 e. The van der Waals surface area contributed by atoms with Crippen LogP contribution in [0.1, 0.15) is 31.5 Å². The average molecular weight is 313 g/mol. The van der Waals surface area contributed by atoms with Crippen LogP contribution in [-0.4, -0.2) is 27.5 Å². The van der Waals surface area contributed by atoms with Crippen molar-refractivity contribution in [3.63, 3.8) is 0 Å². The van der Waals surface area contributed by atoms with Crippen LogP contribution in [0.15, 0.2) is 23.4 Å². The van der Waals surface area contributed by atoms with Gasteiger partial charge < -0.3 is 14.7 Å². The van der Waals surface area contributed by atoms with Crippen LogP contribution in [0.3, 0.4) is 0 Å². The molecule has 23 heavy (non-hydrogen) atoms. The van der Waals surface area contributed by atoms with E-state index < -0.39 is 0 Å². The van der Waals surface area contributed by atoms with Gasteiger partial charge in [-0.2, -0.15) is 5.10 Å². The van der Waals surface area contributed by atoms with Crippen molar-refractivity contribution in [1.82, 2.24) is 9.78 Å². The fourth-order valence-electron chi connectivity index (χ4n) is 3.45. The maximum absolute atomic E-state index is 9.51. The Morgan fingerprint density at radius 1 is 1.22 bits per heavy atom. The van der Waals surface area contributed by atoms with Crippen molar-refractivity contribution in [2.75, 3.05) is 6.79 Å². The highest BCUT2D eigenvalue weighted by Gasteiger charge is 2.35. The Labute approximate surface area is 134 Å². The van der Waals surface area contributed by atoms with E-state index in [1.165, 1.54) is 0 Å². The summed E-state index contributed by atoms with van der Waals surface area (Å²) in [5, 5.41) is 17.8. The van der Waals surface area contributed by atoms with Crippen molar-refractivity contribution >= 4 is 5.71 Å². The smallest absolute Gasteiger partial charge is 0.231 e. The predicted octanol–water partition coefficient (Wildman–Crippen LogP) is 2.97. The third-order valence-electron chi connectivity index (χ3n) is 4.51. The first-order valence-corrected chi connectivity index (χ1v) is 7.66. The van der Waals surface area contributed by atoms with Gasteiger partial charge in [0, 0.05) is 23.9 Å². The SMILES string of the molecule is Cn1nc(-c2ccc3c(c2)OCO3)c2c1CC(C)(C)C/C2=N\O. The van der Waals surface area contributed by atoms with Gasteiger partial charge in [0.25, 0.3) is 0 Å². The molecule has 0 radical (unpaired) electrons. The zero-order chi connectivity index (χ0) is 16.2. The fraction of sp³-hybridized carbons (Fsp3) is 0.412. The van der Waals surface area contributed by atoms with E-state index in [1.807, 2.05) is 29.9 Å². The molecule has 120 valence electrons. The highest BCUT2D eigenvalue weighted by Crippen LogP contribution is 2.41. The van der Waals surface area contributed by atoms with Crippen LogP contribution in [0, 0.1) is 5.41 Å². The van der Waals surface area contributed by atoms with Gasteiger partial charge in [0.1, 0.15) is 5.69 Å². The summed E-state index contributed by atoms with van der Waals surface area (Å²) in [7, 11) is 1.94. The first kappa shape index (κ1) is 14.1. The number of benzene rings is 1. The van der Waals surface area contributed by atoms with E-state index in [4.69, 9.17) is 9.47 Å². The van der Waals surface area contributed by atoms with E-state index in [0.717, 1.165) is 46.9 Å². The summed E-state index contributed by atoms with van der Waals surface area (Å²) in [6, 6.07) is 5.78. The van der Waals surface area contributed by atoms with Gasteiger partial charge in [-0.1, -0.05) is 19.0 Å². The molecule has 1 N–H and O–H groups in total. The summed E-state index contributed by atoms with van der Waals surface area (Å²) in [6.45, 7) is 4.60. The van der Waals surface area contributed by atoms with Crippen LogP contribution in [0.5, 0.6) is 11.5 Å². The van der Waals surface area contributed by atoms with Crippen LogP contribution < -0.4 is 9.47 Å². The monoisotopic (exact) mass is 313 g/mol. The number of hydrogen-bond acceptors (Lipinski definition) is 5.